The van der Waals surface area contributed by atoms with Crippen LogP contribution < -0.4 is 16.0 Å². The number of carbonyl (C=O) groups excluding carboxylic acids is 12. The molecule has 4 bridgehead atoms. The van der Waals surface area contributed by atoms with Gasteiger partial charge >= 0.3 is 6.18 Å². The number of rotatable bonds is 13. The molecule has 5 aliphatic heterocycles. The average Bonchev–Trinajstić information content (AvgIpc) is 1.19. The zero-order chi connectivity index (χ0) is 79.7. The van der Waals surface area contributed by atoms with Gasteiger partial charge in [-0.1, -0.05) is 59.8 Å². The van der Waals surface area contributed by atoms with Gasteiger partial charge in [0.15, 0.2) is 0 Å². The Morgan fingerprint density at radius 3 is 1.87 bits per heavy atom. The van der Waals surface area contributed by atoms with Crippen molar-refractivity contribution in [3.63, 3.8) is 0 Å². The zero-order valence-corrected chi connectivity index (χ0v) is 66.9. The molecule has 5 heterocycles. The highest BCUT2D eigenvalue weighted by atomic mass is 35.5. The number of hydrogen-bond donors (Lipinski definition) is 3. The molecule has 4 aliphatic carbocycles. The number of carbonyl (C=O) groups is 12. The van der Waals surface area contributed by atoms with Crippen molar-refractivity contribution in [2.45, 2.75) is 298 Å². The number of amides is 12. The minimum absolute atomic E-state index is 0.0397. The van der Waals surface area contributed by atoms with Crippen LogP contribution in [0.5, 0.6) is 0 Å². The summed E-state index contributed by atoms with van der Waals surface area (Å²) >= 11 is 6.46. The van der Waals surface area contributed by atoms with Crippen molar-refractivity contribution in [3.05, 3.63) is 0 Å². The van der Waals surface area contributed by atoms with Gasteiger partial charge in [0.05, 0.1) is 43.7 Å². The first-order chi connectivity index (χ1) is 51.6. The highest BCUT2D eigenvalue weighted by Crippen LogP contribution is 2.45. The van der Waals surface area contributed by atoms with E-state index in [1.54, 1.807) is 18.7 Å². The number of alkyl halides is 5. The summed E-state index contributed by atoms with van der Waals surface area (Å²) in [5.74, 6) is -11.4. The van der Waals surface area contributed by atoms with Gasteiger partial charge in [0.1, 0.15) is 60.0 Å². The third kappa shape index (κ3) is 20.9. The molecule has 9 aliphatic rings. The molecule has 0 aromatic carbocycles. The van der Waals surface area contributed by atoms with Gasteiger partial charge in [-0.05, 0) is 165 Å². The van der Waals surface area contributed by atoms with E-state index in [1.807, 2.05) is 20.8 Å². The minimum Gasteiger partial charge on any atom is -0.377 e. The van der Waals surface area contributed by atoms with E-state index in [4.69, 9.17) is 21.1 Å². The maximum atomic E-state index is 15.9. The summed E-state index contributed by atoms with van der Waals surface area (Å²) < 4.78 is 69.5. The summed E-state index contributed by atoms with van der Waals surface area (Å²) in [5.41, 5.74) is -1.61. The SMILES string of the molecule is CCO[C@@H]1C[C@H]2C(=O)NC3(CCC3)C(=O)N(C)[C@@H](C3CCCC3)C(=O)N(C)[C@H](C(=O)N3CC4CCC(C3)O4)CC(=O)N(C)[C@@H](CC(C)C)C(=O)N[C@@H]([C@@H](C)CC)C(=O)N(C)CC(=O)N(C)[C@H]3CCCCCN(C3=O)[C@@H](CC3CCC(F)CC3)C(=O)N(C)CC(=O)N[C@@H](CCC3CCC(C(F)(F)F)C(Cl)C3)C(=O)N2C1. The van der Waals surface area contributed by atoms with Crippen molar-refractivity contribution in [2.24, 2.45) is 35.5 Å². The molecule has 12 amide bonds. The molecule has 5 saturated heterocycles. The second-order valence-corrected chi connectivity index (χ2v) is 34.3. The van der Waals surface area contributed by atoms with Gasteiger partial charge in [-0.15, -0.1) is 11.6 Å². The summed E-state index contributed by atoms with van der Waals surface area (Å²) in [6.07, 6.45) is 0.552. The fourth-order valence-corrected chi connectivity index (χ4v) is 19.1. The predicted molar refractivity (Wildman–Crippen MR) is 397 cm³/mol. The first-order valence-corrected chi connectivity index (χ1v) is 41.0. The fraction of sp³-hybridized carbons (Fsp3) is 0.846. The fourth-order valence-electron chi connectivity index (χ4n) is 18.6. The smallest absolute Gasteiger partial charge is 0.377 e. The van der Waals surface area contributed by atoms with Crippen molar-refractivity contribution >= 4 is 82.5 Å². The third-order valence-electron chi connectivity index (χ3n) is 25.6. The van der Waals surface area contributed by atoms with Crippen LogP contribution in [0, 0.1) is 35.5 Å². The highest BCUT2D eigenvalue weighted by molar-refractivity contribution is 6.21. The molecule has 3 N–H and O–H groups in total. The van der Waals surface area contributed by atoms with E-state index in [1.165, 1.54) is 76.6 Å². The number of fused-ring (bicyclic) bond motifs is 5. The zero-order valence-electron chi connectivity index (χ0n) is 66.1. The topological polar surface area (TPSA) is 289 Å². The van der Waals surface area contributed by atoms with Crippen molar-refractivity contribution in [2.75, 3.05) is 88.2 Å². The maximum Gasteiger partial charge on any atom is 0.393 e. The van der Waals surface area contributed by atoms with Crippen LogP contribution in [0.15, 0.2) is 0 Å². The molecule has 26 nitrogen and oxygen atoms in total. The van der Waals surface area contributed by atoms with Crippen LogP contribution in [0.3, 0.4) is 0 Å². The second kappa shape index (κ2) is 37.9. The Morgan fingerprint density at radius 2 is 1.27 bits per heavy atom. The molecular weight excluding hydrogens is 1440 g/mol. The quantitative estimate of drug-likeness (QED) is 0.134. The van der Waals surface area contributed by atoms with Gasteiger partial charge in [-0.25, -0.2) is 4.39 Å². The number of likely N-dealkylation sites (tertiary alicyclic amines) is 1. The van der Waals surface area contributed by atoms with E-state index >= 15 is 43.2 Å². The number of nitrogens with zero attached hydrogens (tertiary/aromatic N) is 9. The Bertz CT molecular complexity index is 3240. The van der Waals surface area contributed by atoms with E-state index in [0.29, 0.717) is 70.6 Å². The number of halogens is 5. The second-order valence-electron chi connectivity index (χ2n) is 33.7. The van der Waals surface area contributed by atoms with Crippen LogP contribution in [-0.4, -0.2) is 293 Å². The molecule has 4 saturated carbocycles. The lowest BCUT2D eigenvalue weighted by atomic mass is 9.74. The summed E-state index contributed by atoms with van der Waals surface area (Å²) in [6, 6.07) is -10.3. The molecule has 1 spiro atoms. The van der Waals surface area contributed by atoms with Crippen LogP contribution in [0.2, 0.25) is 0 Å². The third-order valence-corrected chi connectivity index (χ3v) is 26.1. The molecule has 109 heavy (non-hydrogen) atoms. The molecule has 31 heteroatoms. The van der Waals surface area contributed by atoms with Crippen LogP contribution in [0.1, 0.15) is 208 Å². The first kappa shape index (κ1) is 86.6. The molecule has 0 aromatic heterocycles. The molecule has 15 atom stereocenters. The van der Waals surface area contributed by atoms with E-state index < -0.39 is 192 Å². The average molecular weight is 1560 g/mol. The van der Waals surface area contributed by atoms with E-state index in [-0.39, 0.29) is 140 Å². The molecule has 614 valence electrons. The maximum absolute atomic E-state index is 15.9. The van der Waals surface area contributed by atoms with Crippen LogP contribution in [0.4, 0.5) is 17.6 Å². The summed E-state index contributed by atoms with van der Waals surface area (Å²) in [7, 11) is 8.62. The molecule has 9 rings (SSSR count). The number of hydrogen-bond acceptors (Lipinski definition) is 14. The van der Waals surface area contributed by atoms with E-state index in [0.717, 1.165) is 17.7 Å². The Hall–Kier alpha value is -6.43. The standard InChI is InChI=1S/C78H123ClF4N12O14/c1-12-47(5)66-74(105)88(7)45-65(98)89(8)58-22-15-14-18-35-94(73(58)104)62(38-49-23-27-51(80)28-24-49)71(102)87(6)44-63(96)84-57(32-26-48-25-31-55(56(79)37-48)78(81,82)83)70(101)95-43-54(108-13-2)39-60(95)69(100)86-77(33-19-34-77)76(107)92(11)67(50-20-16-17-21-50)75(106)91(10)61(72(103)93-41-52-29-30-53(42-93)109-52)40-64(97)90(9)59(36-46(3)4)68(99)85-66/h46-62,66-67H,12-45H2,1-11H3,(H,84,96)(H,85,99)(H,86,100)/t47-,48?,49?,51?,52?,53?,54+,55?,56?,57-,58-,59-,60-,61-,62-,66-,67-/m0/s1. The summed E-state index contributed by atoms with van der Waals surface area (Å²) in [6.45, 7) is 8.37. The van der Waals surface area contributed by atoms with Gasteiger partial charge in [0.25, 0.3) is 0 Å². The van der Waals surface area contributed by atoms with Gasteiger partial charge in [-0.3, -0.25) is 57.5 Å². The summed E-state index contributed by atoms with van der Waals surface area (Å²) in [5, 5.41) is 7.57. The Kier molecular flexibility index (Phi) is 30.1. The highest BCUT2D eigenvalue weighted by Gasteiger charge is 2.55. The molecule has 0 aromatic rings. The minimum atomic E-state index is -4.54. The molecule has 0 radical (unpaired) electrons. The van der Waals surface area contributed by atoms with Crippen LogP contribution >= 0.6 is 11.6 Å². The van der Waals surface area contributed by atoms with Gasteiger partial charge < -0.3 is 69.5 Å². The Morgan fingerprint density at radius 1 is 0.624 bits per heavy atom. The monoisotopic (exact) mass is 1560 g/mol. The Balaban J connectivity index is 1.10. The van der Waals surface area contributed by atoms with Gasteiger partial charge in [0, 0.05) is 86.9 Å². The number of morpholine rings is 1. The number of nitrogens with one attached hydrogen (secondary N) is 3. The van der Waals surface area contributed by atoms with Gasteiger partial charge in [-0.2, -0.15) is 13.2 Å². The van der Waals surface area contributed by atoms with Crippen molar-refractivity contribution < 1.29 is 84.6 Å². The lowest BCUT2D eigenvalue weighted by molar-refractivity contribution is -0.182. The summed E-state index contributed by atoms with van der Waals surface area (Å²) in [4.78, 5) is 196. The lowest BCUT2D eigenvalue weighted by Gasteiger charge is -2.47. The van der Waals surface area contributed by atoms with E-state index in [2.05, 4.69) is 16.0 Å². The van der Waals surface area contributed by atoms with Crippen LogP contribution in [0.25, 0.3) is 0 Å². The first-order valence-electron chi connectivity index (χ1n) is 40.5. The van der Waals surface area contributed by atoms with Crippen molar-refractivity contribution in [3.8, 4) is 0 Å². The lowest BCUT2D eigenvalue weighted by Crippen LogP contribution is -2.68. The largest absolute Gasteiger partial charge is 0.393 e. The molecule has 9 fully saturated rings. The van der Waals surface area contributed by atoms with Crippen LogP contribution in [-0.2, 0) is 67.0 Å². The predicted octanol–water partition coefficient (Wildman–Crippen LogP) is 6.36. The normalized spacial score (nSPS) is 33.4. The van der Waals surface area contributed by atoms with Crippen molar-refractivity contribution in [1.82, 2.24) is 60.0 Å². The molecular formula is C78H123ClF4N12O14. The van der Waals surface area contributed by atoms with E-state index in [9.17, 15) is 31.9 Å². The van der Waals surface area contributed by atoms with Gasteiger partial charge in [0.2, 0.25) is 70.9 Å². The molecule has 5 unspecified atom stereocenters. The number of ether oxygens (including phenoxy) is 2. The van der Waals surface area contributed by atoms with Crippen molar-refractivity contribution in [1.29, 1.82) is 0 Å². The number of likely N-dealkylation sites (N-methyl/N-ethyl adjacent to an activating group) is 6. The Labute approximate surface area is 645 Å².